The largest absolute Gasteiger partial charge is 0.493 e. The maximum absolute atomic E-state index is 15.3. The number of benzene rings is 3. The highest BCUT2D eigenvalue weighted by molar-refractivity contribution is 6.04. The summed E-state index contributed by atoms with van der Waals surface area (Å²) in [6.45, 7) is 7.37. The Kier molecular flexibility index (Phi) is 7.82. The summed E-state index contributed by atoms with van der Waals surface area (Å²) < 4.78 is 51.4. The number of methoxy groups -OCH3 is 1. The van der Waals surface area contributed by atoms with Crippen molar-refractivity contribution in [2.24, 2.45) is 22.7 Å². The van der Waals surface area contributed by atoms with Crippen molar-refractivity contribution in [3.63, 3.8) is 0 Å². The molecular weight excluding hydrogens is 584 g/mol. The Morgan fingerprint density at radius 3 is 2.16 bits per heavy atom. The molecule has 2 N–H and O–H groups in total. The molecule has 0 spiro atoms. The monoisotopic (exact) mass is 617 g/mol. The summed E-state index contributed by atoms with van der Waals surface area (Å²) in [6, 6.07) is 14.6. The zero-order chi connectivity index (χ0) is 31.9. The molecule has 3 aromatic carbocycles. The van der Waals surface area contributed by atoms with Crippen LogP contribution in [0.5, 0.6) is 23.0 Å². The second kappa shape index (κ2) is 11.6. The smallest absolute Gasteiger partial charge is 0.228 e. The van der Waals surface area contributed by atoms with Crippen LogP contribution < -0.4 is 24.8 Å². The Balaban J connectivity index is 1.14. The number of amides is 2. The first-order valence-corrected chi connectivity index (χ1v) is 14.5. The van der Waals surface area contributed by atoms with Crippen LogP contribution in [0, 0.1) is 34.3 Å². The molecule has 1 saturated heterocycles. The molecule has 1 aromatic heterocycles. The van der Waals surface area contributed by atoms with E-state index in [1.165, 1.54) is 42.5 Å². The van der Waals surface area contributed by atoms with Crippen LogP contribution in [0.1, 0.15) is 20.8 Å². The summed E-state index contributed by atoms with van der Waals surface area (Å²) in [7, 11) is 1.55. The van der Waals surface area contributed by atoms with E-state index in [1.807, 2.05) is 13.8 Å². The van der Waals surface area contributed by atoms with Crippen LogP contribution in [0.4, 0.5) is 20.2 Å². The van der Waals surface area contributed by atoms with Crippen molar-refractivity contribution < 1.29 is 37.3 Å². The van der Waals surface area contributed by atoms with Crippen molar-refractivity contribution in [2.45, 2.75) is 20.8 Å². The molecule has 4 aromatic rings. The first kappa shape index (κ1) is 30.3. The van der Waals surface area contributed by atoms with Crippen LogP contribution in [0.3, 0.4) is 0 Å². The number of hydrogen-bond donors (Lipinski definition) is 2. The van der Waals surface area contributed by atoms with E-state index in [0.29, 0.717) is 53.7 Å². The number of pyridine rings is 1. The molecule has 11 heteroatoms. The van der Waals surface area contributed by atoms with Gasteiger partial charge >= 0.3 is 0 Å². The van der Waals surface area contributed by atoms with E-state index in [0.717, 1.165) is 0 Å². The molecule has 9 nitrogen and oxygen atoms in total. The van der Waals surface area contributed by atoms with E-state index in [1.54, 1.807) is 31.5 Å². The molecule has 2 amide bonds. The minimum Gasteiger partial charge on any atom is -0.493 e. The van der Waals surface area contributed by atoms with Gasteiger partial charge in [0.1, 0.15) is 11.6 Å². The van der Waals surface area contributed by atoms with E-state index in [4.69, 9.17) is 18.9 Å². The number of carbonyl (C=O) groups excluding carboxylic acids is 2. The number of anilines is 2. The summed E-state index contributed by atoms with van der Waals surface area (Å²) in [4.78, 5) is 30.4. The Bertz CT molecular complexity index is 1770. The second-order valence-corrected chi connectivity index (χ2v) is 12.4. The van der Waals surface area contributed by atoms with Gasteiger partial charge in [0.15, 0.2) is 23.1 Å². The quantitative estimate of drug-likeness (QED) is 0.207. The van der Waals surface area contributed by atoms with Gasteiger partial charge < -0.3 is 29.6 Å². The molecular formula is C34H33F2N3O6. The summed E-state index contributed by atoms with van der Waals surface area (Å²) in [6.07, 6.45) is 1.55. The molecule has 234 valence electrons. The normalized spacial score (nSPS) is 19.2. The van der Waals surface area contributed by atoms with E-state index >= 15 is 4.39 Å². The number of nitrogens with one attached hydrogen (secondary N) is 2. The lowest BCUT2D eigenvalue weighted by Crippen LogP contribution is -2.44. The van der Waals surface area contributed by atoms with Crippen LogP contribution in [0.15, 0.2) is 66.9 Å². The fraction of sp³-hybridized carbons (Fsp3) is 0.324. The number of halogens is 2. The SMILES string of the molecule is COc1cc2nccc(Oc3ccc(NC(=O)[C@H]4[C@@H](C(=O)Nc5ccc(F)cc5)C4(C)C)cc3F)c2cc1OCC1(C)COC1. The highest BCUT2D eigenvalue weighted by atomic mass is 19.1. The summed E-state index contributed by atoms with van der Waals surface area (Å²) >= 11 is 0. The maximum atomic E-state index is 15.3. The van der Waals surface area contributed by atoms with Crippen molar-refractivity contribution in [3.8, 4) is 23.0 Å². The highest BCUT2D eigenvalue weighted by Gasteiger charge is 2.65. The Morgan fingerprint density at radius 2 is 1.53 bits per heavy atom. The van der Waals surface area contributed by atoms with Gasteiger partial charge in [-0.05, 0) is 53.9 Å². The molecule has 0 bridgehead atoms. The van der Waals surface area contributed by atoms with Crippen molar-refractivity contribution in [1.29, 1.82) is 0 Å². The van der Waals surface area contributed by atoms with E-state index in [2.05, 4.69) is 22.5 Å². The van der Waals surface area contributed by atoms with Crippen LogP contribution in [0.25, 0.3) is 10.9 Å². The molecule has 2 aliphatic rings. The molecule has 0 unspecified atom stereocenters. The van der Waals surface area contributed by atoms with Gasteiger partial charge in [0, 0.05) is 40.5 Å². The Hall–Kier alpha value is -4.77. The fourth-order valence-corrected chi connectivity index (χ4v) is 5.65. The molecule has 1 aliphatic carbocycles. The first-order valence-electron chi connectivity index (χ1n) is 14.5. The predicted molar refractivity (Wildman–Crippen MR) is 164 cm³/mol. The third-order valence-corrected chi connectivity index (χ3v) is 8.39. The Labute approximate surface area is 258 Å². The van der Waals surface area contributed by atoms with Gasteiger partial charge in [-0.2, -0.15) is 0 Å². The molecule has 45 heavy (non-hydrogen) atoms. The van der Waals surface area contributed by atoms with Gasteiger partial charge in [-0.1, -0.05) is 20.8 Å². The topological polar surface area (TPSA) is 108 Å². The molecule has 2 heterocycles. The second-order valence-electron chi connectivity index (χ2n) is 12.4. The van der Waals surface area contributed by atoms with Crippen molar-refractivity contribution in [2.75, 3.05) is 37.6 Å². The number of fused-ring (bicyclic) bond motifs is 1. The number of ether oxygens (including phenoxy) is 4. The standard InChI is InChI=1S/C34H33F2N3O6/c1-33(2)29(31(40)38-20-7-5-19(35)6-8-20)30(33)32(41)39-21-9-10-26(23(36)13-21)45-25-11-12-37-24-15-27(42-4)28(14-22(24)25)44-18-34(3)16-43-17-34/h5-15,29-30H,16-18H2,1-4H3,(H,38,40)(H,39,41)/t29-,30+/m0/s1. The minimum absolute atomic E-state index is 0.0544. The van der Waals surface area contributed by atoms with Gasteiger partial charge in [-0.15, -0.1) is 0 Å². The molecule has 2 atom stereocenters. The summed E-state index contributed by atoms with van der Waals surface area (Å²) in [5.41, 5.74) is 0.528. The van der Waals surface area contributed by atoms with Gasteiger partial charge in [-0.3, -0.25) is 14.6 Å². The number of nitrogens with zero attached hydrogens (tertiary/aromatic N) is 1. The van der Waals surface area contributed by atoms with Crippen LogP contribution in [-0.2, 0) is 14.3 Å². The van der Waals surface area contributed by atoms with E-state index < -0.39 is 34.8 Å². The van der Waals surface area contributed by atoms with Gasteiger partial charge in [0.25, 0.3) is 0 Å². The Morgan fingerprint density at radius 1 is 0.867 bits per heavy atom. The fourth-order valence-electron chi connectivity index (χ4n) is 5.65. The van der Waals surface area contributed by atoms with Crippen LogP contribution in [0.2, 0.25) is 0 Å². The average Bonchev–Trinajstić information content (AvgIpc) is 3.59. The number of aromatic nitrogens is 1. The average molecular weight is 618 g/mol. The summed E-state index contributed by atoms with van der Waals surface area (Å²) in [5, 5.41) is 6.05. The van der Waals surface area contributed by atoms with Gasteiger partial charge in [-0.25, -0.2) is 8.78 Å². The zero-order valence-corrected chi connectivity index (χ0v) is 25.3. The van der Waals surface area contributed by atoms with Crippen molar-refractivity contribution in [3.05, 3.63) is 78.5 Å². The van der Waals surface area contributed by atoms with Gasteiger partial charge in [0.2, 0.25) is 11.8 Å². The lowest BCUT2D eigenvalue weighted by molar-refractivity contribution is -0.122. The summed E-state index contributed by atoms with van der Waals surface area (Å²) in [5.74, 6) is -1.78. The first-order chi connectivity index (χ1) is 21.5. The van der Waals surface area contributed by atoms with E-state index in [-0.39, 0.29) is 22.8 Å². The van der Waals surface area contributed by atoms with Crippen molar-refractivity contribution in [1.82, 2.24) is 4.98 Å². The number of rotatable bonds is 10. The number of hydrogen-bond acceptors (Lipinski definition) is 7. The number of carbonyl (C=O) groups is 2. The molecule has 1 aliphatic heterocycles. The maximum Gasteiger partial charge on any atom is 0.228 e. The minimum atomic E-state index is -0.693. The predicted octanol–water partition coefficient (Wildman–Crippen LogP) is 6.58. The molecule has 1 saturated carbocycles. The van der Waals surface area contributed by atoms with Crippen LogP contribution >= 0.6 is 0 Å². The third-order valence-electron chi connectivity index (χ3n) is 8.39. The lowest BCUT2D eigenvalue weighted by atomic mass is 9.90. The molecule has 6 rings (SSSR count). The zero-order valence-electron chi connectivity index (χ0n) is 25.3. The highest BCUT2D eigenvalue weighted by Crippen LogP contribution is 2.59. The molecule has 0 radical (unpaired) electrons. The van der Waals surface area contributed by atoms with Gasteiger partial charge in [0.05, 0.1) is 44.3 Å². The van der Waals surface area contributed by atoms with E-state index in [9.17, 15) is 14.0 Å². The third kappa shape index (κ3) is 6.12. The lowest BCUT2D eigenvalue weighted by Gasteiger charge is -2.37. The van der Waals surface area contributed by atoms with Crippen molar-refractivity contribution >= 4 is 34.1 Å². The van der Waals surface area contributed by atoms with Crippen LogP contribution in [-0.4, -0.2) is 43.7 Å². The molecule has 2 fully saturated rings.